The molecule has 0 spiro atoms. The fourth-order valence-electron chi connectivity index (χ4n) is 1.92. The molecule has 0 aliphatic rings. The number of hydrogen-bond acceptors (Lipinski definition) is 3. The van der Waals surface area contributed by atoms with E-state index in [0.717, 1.165) is 0 Å². The number of rotatable bonds is 4. The van der Waals surface area contributed by atoms with Crippen molar-refractivity contribution in [2.24, 2.45) is 0 Å². The number of ether oxygens (including phenoxy) is 1. The zero-order valence-corrected chi connectivity index (χ0v) is 13.0. The minimum absolute atomic E-state index is 0.0296. The Morgan fingerprint density at radius 1 is 0.880 bits per heavy atom. The molecule has 0 amide bonds. The first-order chi connectivity index (χ1) is 11.5. The second-order valence-electron chi connectivity index (χ2n) is 4.91. The van der Waals surface area contributed by atoms with Crippen molar-refractivity contribution in [3.8, 4) is 5.75 Å². The third kappa shape index (κ3) is 5.20. The Bertz CT molecular complexity index is 736. The van der Waals surface area contributed by atoms with Crippen LogP contribution in [0.15, 0.2) is 47.4 Å². The second kappa shape index (κ2) is 7.04. The van der Waals surface area contributed by atoms with Gasteiger partial charge in [0, 0.05) is 4.90 Å². The number of alkyl halides is 6. The molecule has 0 aliphatic carbocycles. The standard InChI is InChI=1S/C15H10F6O3S/c16-14(17,18)10-5-9(6-11(7-10)15(19,20)21)8-24-12-1-3-13(4-2-12)25(22)23/h1-7H,8H2,(H,22,23)/p-1. The van der Waals surface area contributed by atoms with Gasteiger partial charge in [-0.25, -0.2) is 0 Å². The van der Waals surface area contributed by atoms with E-state index >= 15 is 0 Å². The van der Waals surface area contributed by atoms with Gasteiger partial charge in [0.15, 0.2) is 0 Å². The Kier molecular flexibility index (Phi) is 5.43. The maximum atomic E-state index is 12.8. The molecule has 0 bridgehead atoms. The summed E-state index contributed by atoms with van der Waals surface area (Å²) >= 11 is -2.46. The topological polar surface area (TPSA) is 49.4 Å². The van der Waals surface area contributed by atoms with Crippen molar-refractivity contribution in [2.75, 3.05) is 0 Å². The van der Waals surface area contributed by atoms with Crippen molar-refractivity contribution in [1.29, 1.82) is 0 Å². The van der Waals surface area contributed by atoms with E-state index < -0.39 is 41.2 Å². The predicted molar refractivity (Wildman–Crippen MR) is 74.4 cm³/mol. The highest BCUT2D eigenvalue weighted by molar-refractivity contribution is 7.79. The fourth-order valence-corrected chi connectivity index (χ4v) is 2.27. The van der Waals surface area contributed by atoms with Gasteiger partial charge in [-0.05, 0) is 59.1 Å². The van der Waals surface area contributed by atoms with Gasteiger partial charge in [0.2, 0.25) is 0 Å². The molecule has 3 nitrogen and oxygen atoms in total. The molecule has 2 aromatic carbocycles. The van der Waals surface area contributed by atoms with Gasteiger partial charge in [0.1, 0.15) is 12.4 Å². The highest BCUT2D eigenvalue weighted by atomic mass is 32.2. The van der Waals surface area contributed by atoms with Crippen molar-refractivity contribution in [3.05, 3.63) is 59.2 Å². The average Bonchev–Trinajstić information content (AvgIpc) is 2.51. The quantitative estimate of drug-likeness (QED) is 0.575. The number of hydrogen-bond donors (Lipinski definition) is 0. The van der Waals surface area contributed by atoms with E-state index in [-0.39, 0.29) is 22.3 Å². The van der Waals surface area contributed by atoms with Gasteiger partial charge in [-0.3, -0.25) is 4.21 Å². The zero-order chi connectivity index (χ0) is 18.8. The van der Waals surface area contributed by atoms with Gasteiger partial charge in [0.25, 0.3) is 0 Å². The van der Waals surface area contributed by atoms with Gasteiger partial charge < -0.3 is 9.29 Å². The first kappa shape index (κ1) is 19.3. The van der Waals surface area contributed by atoms with Crippen LogP contribution in [-0.4, -0.2) is 8.76 Å². The summed E-state index contributed by atoms with van der Waals surface area (Å²) in [6.45, 7) is -0.549. The summed E-state index contributed by atoms with van der Waals surface area (Å²) in [6.07, 6.45) is -9.87. The first-order valence-corrected chi connectivity index (χ1v) is 7.65. The second-order valence-corrected chi connectivity index (χ2v) is 5.85. The summed E-state index contributed by atoms with van der Waals surface area (Å²) in [5.74, 6) is 0.0974. The summed E-state index contributed by atoms with van der Waals surface area (Å²) in [7, 11) is 0. The molecule has 10 heteroatoms. The van der Waals surface area contributed by atoms with Gasteiger partial charge in [-0.15, -0.1) is 0 Å². The Morgan fingerprint density at radius 3 is 1.76 bits per heavy atom. The fraction of sp³-hybridized carbons (Fsp3) is 0.200. The lowest BCUT2D eigenvalue weighted by molar-refractivity contribution is -0.143. The Labute approximate surface area is 140 Å². The third-order valence-corrected chi connectivity index (χ3v) is 3.73. The lowest BCUT2D eigenvalue weighted by atomic mass is 10.1. The first-order valence-electron chi connectivity index (χ1n) is 6.57. The molecular formula is C15H9F6O3S-. The van der Waals surface area contributed by atoms with Gasteiger partial charge >= 0.3 is 12.4 Å². The molecule has 0 saturated heterocycles. The van der Waals surface area contributed by atoms with E-state index in [1.807, 2.05) is 0 Å². The molecule has 0 saturated carbocycles. The summed E-state index contributed by atoms with van der Waals surface area (Å²) in [4.78, 5) is -0.0363. The molecule has 25 heavy (non-hydrogen) atoms. The van der Waals surface area contributed by atoms with Crippen LogP contribution in [0.3, 0.4) is 0 Å². The minimum Gasteiger partial charge on any atom is -0.768 e. The lowest BCUT2D eigenvalue weighted by Gasteiger charge is -2.15. The van der Waals surface area contributed by atoms with Crippen LogP contribution in [0.25, 0.3) is 0 Å². The van der Waals surface area contributed by atoms with Crippen LogP contribution < -0.4 is 4.74 Å². The molecule has 0 aliphatic heterocycles. The highest BCUT2D eigenvalue weighted by Crippen LogP contribution is 2.36. The third-order valence-electron chi connectivity index (χ3n) is 3.07. The molecule has 0 aromatic heterocycles. The van der Waals surface area contributed by atoms with Gasteiger partial charge in [-0.2, -0.15) is 26.3 Å². The van der Waals surface area contributed by atoms with Crippen molar-refractivity contribution in [1.82, 2.24) is 0 Å². The summed E-state index contributed by atoms with van der Waals surface area (Å²) in [5, 5.41) is 0. The van der Waals surface area contributed by atoms with Crippen LogP contribution in [0.2, 0.25) is 0 Å². The maximum Gasteiger partial charge on any atom is 0.416 e. The number of benzene rings is 2. The van der Waals surface area contributed by atoms with Crippen molar-refractivity contribution >= 4 is 11.1 Å². The van der Waals surface area contributed by atoms with E-state index in [0.29, 0.717) is 12.1 Å². The van der Waals surface area contributed by atoms with Crippen LogP contribution in [0, 0.1) is 0 Å². The zero-order valence-electron chi connectivity index (χ0n) is 12.1. The van der Waals surface area contributed by atoms with E-state index in [1.54, 1.807) is 0 Å². The molecule has 1 unspecified atom stereocenters. The Morgan fingerprint density at radius 2 is 1.36 bits per heavy atom. The van der Waals surface area contributed by atoms with Crippen LogP contribution in [0.1, 0.15) is 16.7 Å². The monoisotopic (exact) mass is 383 g/mol. The molecule has 1 atom stereocenters. The SMILES string of the molecule is O=S([O-])c1ccc(OCc2cc(C(F)(F)F)cc(C(F)(F)F)c2)cc1. The molecule has 2 aromatic rings. The van der Waals surface area contributed by atoms with Crippen LogP contribution in [0.5, 0.6) is 5.75 Å². The van der Waals surface area contributed by atoms with E-state index in [1.165, 1.54) is 24.3 Å². The average molecular weight is 383 g/mol. The highest BCUT2D eigenvalue weighted by Gasteiger charge is 2.36. The smallest absolute Gasteiger partial charge is 0.416 e. The normalized spacial score (nSPS) is 13.6. The number of halogens is 6. The van der Waals surface area contributed by atoms with Crippen LogP contribution >= 0.6 is 0 Å². The summed E-state index contributed by atoms with van der Waals surface area (Å²) in [5.41, 5.74) is -3.19. The minimum atomic E-state index is -4.93. The molecule has 0 fully saturated rings. The van der Waals surface area contributed by atoms with Crippen LogP contribution in [0.4, 0.5) is 26.3 Å². The van der Waals surface area contributed by atoms with E-state index in [9.17, 15) is 35.1 Å². The van der Waals surface area contributed by atoms with E-state index in [4.69, 9.17) is 4.74 Å². The van der Waals surface area contributed by atoms with Crippen molar-refractivity contribution < 1.29 is 39.8 Å². The molecule has 2 rings (SSSR count). The van der Waals surface area contributed by atoms with Crippen LogP contribution in [-0.2, 0) is 30.0 Å². The molecule has 0 radical (unpaired) electrons. The van der Waals surface area contributed by atoms with Crippen molar-refractivity contribution in [3.63, 3.8) is 0 Å². The molecular weight excluding hydrogens is 374 g/mol. The van der Waals surface area contributed by atoms with Crippen molar-refractivity contribution in [2.45, 2.75) is 23.9 Å². The molecule has 0 heterocycles. The largest absolute Gasteiger partial charge is 0.768 e. The van der Waals surface area contributed by atoms with Gasteiger partial charge in [-0.1, -0.05) is 0 Å². The summed E-state index contributed by atoms with van der Waals surface area (Å²) < 4.78 is 103. The van der Waals surface area contributed by atoms with E-state index in [2.05, 4.69) is 0 Å². The predicted octanol–water partition coefficient (Wildman–Crippen LogP) is 4.54. The molecule has 0 N–H and O–H groups in total. The Balaban J connectivity index is 2.24. The Hall–Kier alpha value is -2.07. The lowest BCUT2D eigenvalue weighted by Crippen LogP contribution is -2.12. The summed E-state index contributed by atoms with van der Waals surface area (Å²) in [6, 6.07) is 6.01. The molecule has 136 valence electrons. The maximum absolute atomic E-state index is 12.8. The van der Waals surface area contributed by atoms with Gasteiger partial charge in [0.05, 0.1) is 11.1 Å².